The molecule has 8 heavy (non-hydrogen) atoms. The third kappa shape index (κ3) is 82.2. The van der Waals surface area contributed by atoms with Crippen LogP contribution < -0.4 is 16.2 Å². The van der Waals surface area contributed by atoms with Crippen molar-refractivity contribution in [1.82, 2.24) is 0 Å². The van der Waals surface area contributed by atoms with Gasteiger partial charge >= 0.3 is 0 Å². The summed E-state index contributed by atoms with van der Waals surface area (Å²) >= 11 is 0. The Labute approximate surface area is 49.3 Å². The van der Waals surface area contributed by atoms with E-state index in [1.807, 2.05) is 0 Å². The van der Waals surface area contributed by atoms with E-state index in [9.17, 15) is 5.11 Å². The lowest BCUT2D eigenvalue weighted by Gasteiger charge is -1.92. The van der Waals surface area contributed by atoms with Gasteiger partial charge in [-0.15, -0.1) is 12.3 Å². The first kappa shape index (κ1) is 10.1. The molecule has 0 aromatic carbocycles. The third-order valence-corrected chi connectivity index (χ3v) is 0. The molecule has 0 unspecified atom stereocenters. The van der Waals surface area contributed by atoms with Gasteiger partial charge in [0, 0.05) is 6.92 Å². The SMILES string of the molecule is C=C(C)[O-].CC(N)=[NH2+]. The monoisotopic (exact) mass is 116 g/mol. The fourth-order valence-electron chi connectivity index (χ4n) is 0. The average molecular weight is 116 g/mol. The number of amidine groups is 1. The van der Waals surface area contributed by atoms with Gasteiger partial charge in [-0.05, 0) is 0 Å². The summed E-state index contributed by atoms with van der Waals surface area (Å²) in [6.45, 7) is 6.06. The fraction of sp³-hybridized carbons (Fsp3) is 0.400. The highest BCUT2D eigenvalue weighted by molar-refractivity contribution is 5.70. The second kappa shape index (κ2) is 6.01. The fourth-order valence-corrected chi connectivity index (χ4v) is 0. The number of rotatable bonds is 0. The molecule has 4 N–H and O–H groups in total. The van der Waals surface area contributed by atoms with Crippen LogP contribution >= 0.6 is 0 Å². The van der Waals surface area contributed by atoms with E-state index >= 15 is 0 Å². The van der Waals surface area contributed by atoms with E-state index in [1.54, 1.807) is 6.92 Å². The largest absolute Gasteiger partial charge is 0.876 e. The summed E-state index contributed by atoms with van der Waals surface area (Å²) in [4.78, 5) is 0. The zero-order valence-corrected chi connectivity index (χ0v) is 5.27. The van der Waals surface area contributed by atoms with E-state index in [2.05, 4.69) is 6.58 Å². The summed E-state index contributed by atoms with van der Waals surface area (Å²) in [5, 5.41) is 14.1. The average Bonchev–Trinajstić information content (AvgIpc) is 1.25. The standard InChI is InChI=1S/C3H6O.C2H6N2/c1-3(2)4;1-2(3)4/h4H,1H2,2H3;1H3,(H3,3,4). The Bertz CT molecular complexity index is 68.4. The van der Waals surface area contributed by atoms with E-state index < -0.39 is 0 Å². The van der Waals surface area contributed by atoms with Gasteiger partial charge in [0.25, 0.3) is 0 Å². The maximum absolute atomic E-state index is 9.33. The molecule has 0 saturated heterocycles. The summed E-state index contributed by atoms with van der Waals surface area (Å²) < 4.78 is 0. The van der Waals surface area contributed by atoms with Crippen LogP contribution in [0.3, 0.4) is 0 Å². The second-order valence-corrected chi connectivity index (χ2v) is 1.45. The molecular weight excluding hydrogens is 104 g/mol. The topological polar surface area (TPSA) is 74.7 Å². The molecule has 0 spiro atoms. The van der Waals surface area contributed by atoms with Crippen molar-refractivity contribution in [2.75, 3.05) is 0 Å². The van der Waals surface area contributed by atoms with Crippen molar-refractivity contribution in [1.29, 1.82) is 0 Å². The number of allylic oxidation sites excluding steroid dienone is 1. The number of hydrogen-bond acceptors (Lipinski definition) is 1. The highest BCUT2D eigenvalue weighted by Gasteiger charge is 1.64. The normalized spacial score (nSPS) is 6.25. The summed E-state index contributed by atoms with van der Waals surface area (Å²) in [5.74, 6) is 0.333. The van der Waals surface area contributed by atoms with Gasteiger partial charge in [0.1, 0.15) is 0 Å². The van der Waals surface area contributed by atoms with Crippen molar-refractivity contribution >= 4 is 5.84 Å². The summed E-state index contributed by atoms with van der Waals surface area (Å²) in [7, 11) is 0. The van der Waals surface area contributed by atoms with Gasteiger partial charge in [-0.1, -0.05) is 6.92 Å². The lowest BCUT2D eigenvalue weighted by atomic mass is 10.7. The smallest absolute Gasteiger partial charge is 0.235 e. The van der Waals surface area contributed by atoms with E-state index in [1.165, 1.54) is 6.92 Å². The van der Waals surface area contributed by atoms with Gasteiger partial charge in [-0.25, -0.2) is 0 Å². The molecule has 0 radical (unpaired) electrons. The van der Waals surface area contributed by atoms with E-state index in [0.717, 1.165) is 0 Å². The van der Waals surface area contributed by atoms with Gasteiger partial charge in [-0.3, -0.25) is 11.1 Å². The Morgan fingerprint density at radius 2 is 1.62 bits per heavy atom. The zero-order chi connectivity index (χ0) is 7.15. The minimum absolute atomic E-state index is 0.0833. The maximum Gasteiger partial charge on any atom is 0.235 e. The van der Waals surface area contributed by atoms with Gasteiger partial charge in [0.2, 0.25) is 5.84 Å². The van der Waals surface area contributed by atoms with Crippen LogP contribution in [0.15, 0.2) is 12.3 Å². The first-order valence-electron chi connectivity index (χ1n) is 2.14. The van der Waals surface area contributed by atoms with Crippen LogP contribution in [0, 0.1) is 0 Å². The lowest BCUT2D eigenvalue weighted by molar-refractivity contribution is -0.300. The van der Waals surface area contributed by atoms with Crippen LogP contribution in [0.4, 0.5) is 0 Å². The highest BCUT2D eigenvalue weighted by atomic mass is 16.3. The maximum atomic E-state index is 9.33. The molecular formula is C5H12N2O. The molecule has 3 nitrogen and oxygen atoms in total. The van der Waals surface area contributed by atoms with Crippen molar-refractivity contribution in [3.8, 4) is 0 Å². The molecule has 0 amide bonds. The van der Waals surface area contributed by atoms with Crippen LogP contribution in [-0.4, -0.2) is 5.84 Å². The zero-order valence-electron chi connectivity index (χ0n) is 5.27. The molecule has 0 aromatic rings. The van der Waals surface area contributed by atoms with Crippen LogP contribution in [0.2, 0.25) is 0 Å². The predicted molar refractivity (Wildman–Crippen MR) is 31.6 cm³/mol. The molecule has 0 saturated carbocycles. The molecule has 48 valence electrons. The second-order valence-electron chi connectivity index (χ2n) is 1.45. The van der Waals surface area contributed by atoms with Gasteiger partial charge < -0.3 is 5.11 Å². The lowest BCUT2D eigenvalue weighted by Crippen LogP contribution is -2.43. The number of hydrogen-bond donors (Lipinski definition) is 2. The van der Waals surface area contributed by atoms with Gasteiger partial charge in [0.15, 0.2) is 0 Å². The number of nitrogens with two attached hydrogens (primary N) is 2. The Hall–Kier alpha value is -0.990. The highest BCUT2D eigenvalue weighted by Crippen LogP contribution is 1.57. The van der Waals surface area contributed by atoms with E-state index in [-0.39, 0.29) is 5.76 Å². The first-order valence-corrected chi connectivity index (χ1v) is 2.14. The third-order valence-electron chi connectivity index (χ3n) is 0. The molecule has 0 heterocycles. The van der Waals surface area contributed by atoms with Crippen molar-refractivity contribution in [3.05, 3.63) is 12.3 Å². The quantitative estimate of drug-likeness (QED) is 0.218. The van der Waals surface area contributed by atoms with E-state index in [0.29, 0.717) is 5.84 Å². The van der Waals surface area contributed by atoms with Gasteiger partial charge in [0.05, 0.1) is 0 Å². The van der Waals surface area contributed by atoms with Crippen molar-refractivity contribution < 1.29 is 10.5 Å². The molecule has 0 aliphatic heterocycles. The first-order chi connectivity index (χ1) is 3.46. The molecule has 0 aliphatic rings. The Morgan fingerprint density at radius 3 is 1.62 bits per heavy atom. The Morgan fingerprint density at radius 1 is 1.62 bits per heavy atom. The Balaban J connectivity index is 0. The summed E-state index contributed by atoms with van der Waals surface area (Å²) in [6.07, 6.45) is 0. The van der Waals surface area contributed by atoms with Crippen molar-refractivity contribution in [3.63, 3.8) is 0 Å². The molecule has 0 aliphatic carbocycles. The minimum Gasteiger partial charge on any atom is -0.876 e. The predicted octanol–water partition coefficient (Wildman–Crippen LogP) is -2.00. The molecule has 0 bridgehead atoms. The molecule has 0 aromatic heterocycles. The van der Waals surface area contributed by atoms with Gasteiger partial charge in [-0.2, -0.15) is 0 Å². The Kier molecular flexibility index (Phi) is 7.58. The van der Waals surface area contributed by atoms with Crippen molar-refractivity contribution in [2.45, 2.75) is 13.8 Å². The molecule has 0 fully saturated rings. The van der Waals surface area contributed by atoms with Crippen LogP contribution in [-0.2, 0) is 0 Å². The van der Waals surface area contributed by atoms with Crippen LogP contribution in [0.5, 0.6) is 0 Å². The summed E-state index contributed by atoms with van der Waals surface area (Å²) in [5.41, 5.74) is 4.81. The van der Waals surface area contributed by atoms with E-state index in [4.69, 9.17) is 11.1 Å². The summed E-state index contributed by atoms with van der Waals surface area (Å²) in [6, 6.07) is 0. The minimum atomic E-state index is -0.0833. The molecule has 0 rings (SSSR count). The van der Waals surface area contributed by atoms with Crippen molar-refractivity contribution in [2.24, 2.45) is 5.73 Å². The molecule has 3 heteroatoms. The van der Waals surface area contributed by atoms with Crippen LogP contribution in [0.1, 0.15) is 13.8 Å². The molecule has 0 atom stereocenters. The van der Waals surface area contributed by atoms with Crippen LogP contribution in [0.25, 0.3) is 0 Å².